The smallest absolute Gasteiger partial charge is 0.344 e. The van der Waals surface area contributed by atoms with Crippen LogP contribution in [0.5, 0.6) is 0 Å². The number of halogens is 3. The Kier molecular flexibility index (Phi) is 2.82. The number of benzene rings is 1. The van der Waals surface area contributed by atoms with Crippen molar-refractivity contribution in [2.24, 2.45) is 5.73 Å². The van der Waals surface area contributed by atoms with Crippen LogP contribution in [-0.4, -0.2) is 11.1 Å². The third kappa shape index (κ3) is 2.02. The van der Waals surface area contributed by atoms with Crippen LogP contribution in [0.3, 0.4) is 0 Å². The van der Waals surface area contributed by atoms with E-state index in [1.807, 2.05) is 6.07 Å². The first-order valence-electron chi connectivity index (χ1n) is 6.41. The highest BCUT2D eigenvalue weighted by atomic mass is 19.4. The fourth-order valence-electron chi connectivity index (χ4n) is 2.94. The summed E-state index contributed by atoms with van der Waals surface area (Å²) in [6.07, 6.45) is -2.25. The van der Waals surface area contributed by atoms with Crippen LogP contribution >= 0.6 is 0 Å². The van der Waals surface area contributed by atoms with Crippen LogP contribution in [0.25, 0.3) is 10.9 Å². The van der Waals surface area contributed by atoms with Gasteiger partial charge in [0.2, 0.25) is 0 Å². The van der Waals surface area contributed by atoms with E-state index >= 15 is 0 Å². The zero-order valence-corrected chi connectivity index (χ0v) is 10.4. The van der Waals surface area contributed by atoms with Gasteiger partial charge in [0.15, 0.2) is 0 Å². The number of aromatic nitrogens is 1. The molecule has 19 heavy (non-hydrogen) atoms. The molecule has 2 aromatic rings. The minimum Gasteiger partial charge on any atom is -0.344 e. The van der Waals surface area contributed by atoms with Crippen molar-refractivity contribution in [3.8, 4) is 0 Å². The van der Waals surface area contributed by atoms with Gasteiger partial charge in [-0.2, -0.15) is 13.2 Å². The molecule has 0 amide bonds. The van der Waals surface area contributed by atoms with Gasteiger partial charge in [-0.1, -0.05) is 0 Å². The van der Waals surface area contributed by atoms with Gasteiger partial charge in [0.25, 0.3) is 0 Å². The second-order valence-electron chi connectivity index (χ2n) is 5.07. The van der Waals surface area contributed by atoms with E-state index in [1.54, 1.807) is 6.07 Å². The molecule has 1 aliphatic rings. The molecule has 1 aliphatic heterocycles. The van der Waals surface area contributed by atoms with Gasteiger partial charge in [0, 0.05) is 35.6 Å². The van der Waals surface area contributed by atoms with E-state index in [4.69, 9.17) is 5.73 Å². The molecule has 102 valence electrons. The lowest BCUT2D eigenvalue weighted by Crippen LogP contribution is -2.21. The van der Waals surface area contributed by atoms with Crippen LogP contribution in [0.2, 0.25) is 0 Å². The SMILES string of the molecule is NCC1CCCn2c1cc1cc(C(F)(F)F)ccc12. The highest BCUT2D eigenvalue weighted by Gasteiger charge is 2.31. The molecule has 0 saturated heterocycles. The van der Waals surface area contributed by atoms with Gasteiger partial charge in [-0.25, -0.2) is 0 Å². The first-order valence-corrected chi connectivity index (χ1v) is 6.41. The van der Waals surface area contributed by atoms with E-state index < -0.39 is 11.7 Å². The van der Waals surface area contributed by atoms with E-state index in [0.29, 0.717) is 11.9 Å². The molecule has 2 N–H and O–H groups in total. The summed E-state index contributed by atoms with van der Waals surface area (Å²) in [6, 6.07) is 5.82. The monoisotopic (exact) mass is 268 g/mol. The summed E-state index contributed by atoms with van der Waals surface area (Å²) >= 11 is 0. The third-order valence-electron chi connectivity index (χ3n) is 3.90. The Labute approximate surface area is 109 Å². The molecule has 1 aromatic heterocycles. The fraction of sp³-hybridized carbons (Fsp3) is 0.429. The molecular formula is C14H15F3N2. The van der Waals surface area contributed by atoms with Crippen LogP contribution in [-0.2, 0) is 12.7 Å². The summed E-state index contributed by atoms with van der Waals surface area (Å²) in [6.45, 7) is 1.41. The largest absolute Gasteiger partial charge is 0.416 e. The summed E-state index contributed by atoms with van der Waals surface area (Å²) < 4.78 is 40.3. The molecule has 0 spiro atoms. The van der Waals surface area contributed by atoms with Crippen molar-refractivity contribution in [1.29, 1.82) is 0 Å². The fourth-order valence-corrected chi connectivity index (χ4v) is 2.94. The predicted molar refractivity (Wildman–Crippen MR) is 68.0 cm³/mol. The Hall–Kier alpha value is -1.49. The first-order chi connectivity index (χ1) is 9.00. The van der Waals surface area contributed by atoms with Crippen molar-refractivity contribution in [1.82, 2.24) is 4.57 Å². The minimum absolute atomic E-state index is 0.260. The average Bonchev–Trinajstić information content (AvgIpc) is 2.75. The topological polar surface area (TPSA) is 30.9 Å². The average molecular weight is 268 g/mol. The van der Waals surface area contributed by atoms with Crippen LogP contribution in [0, 0.1) is 0 Å². The molecule has 0 saturated carbocycles. The zero-order valence-electron chi connectivity index (χ0n) is 10.4. The third-order valence-corrected chi connectivity index (χ3v) is 3.90. The second kappa shape index (κ2) is 4.27. The van der Waals surface area contributed by atoms with Crippen LogP contribution < -0.4 is 5.73 Å². The van der Waals surface area contributed by atoms with Gasteiger partial charge in [-0.15, -0.1) is 0 Å². The molecule has 1 aromatic carbocycles. The Morgan fingerprint density at radius 3 is 2.74 bits per heavy atom. The standard InChI is InChI=1S/C14H15F3N2/c15-14(16,17)11-3-4-12-10(6-11)7-13-9(8-18)2-1-5-19(12)13/h3-4,6-7,9H,1-2,5,8,18H2. The van der Waals surface area contributed by atoms with Crippen molar-refractivity contribution >= 4 is 10.9 Å². The Morgan fingerprint density at radius 1 is 1.26 bits per heavy atom. The lowest BCUT2D eigenvalue weighted by Gasteiger charge is -2.24. The van der Waals surface area contributed by atoms with Gasteiger partial charge in [-0.05, 0) is 37.1 Å². The van der Waals surface area contributed by atoms with Gasteiger partial charge in [-0.3, -0.25) is 0 Å². The van der Waals surface area contributed by atoms with E-state index in [-0.39, 0.29) is 5.92 Å². The van der Waals surface area contributed by atoms with Crippen LogP contribution in [0.4, 0.5) is 13.2 Å². The van der Waals surface area contributed by atoms with E-state index in [0.717, 1.165) is 36.7 Å². The van der Waals surface area contributed by atoms with E-state index in [1.165, 1.54) is 6.07 Å². The first kappa shape index (κ1) is 12.5. The lowest BCUT2D eigenvalue weighted by molar-refractivity contribution is -0.137. The van der Waals surface area contributed by atoms with Crippen molar-refractivity contribution < 1.29 is 13.2 Å². The second-order valence-corrected chi connectivity index (χ2v) is 5.07. The molecule has 0 aliphatic carbocycles. The van der Waals surface area contributed by atoms with Crippen LogP contribution in [0.15, 0.2) is 24.3 Å². The number of aryl methyl sites for hydroxylation is 1. The molecule has 1 atom stereocenters. The van der Waals surface area contributed by atoms with Gasteiger partial charge in [0.05, 0.1) is 5.56 Å². The number of hydrogen-bond acceptors (Lipinski definition) is 1. The van der Waals surface area contributed by atoms with Gasteiger partial charge < -0.3 is 10.3 Å². The molecular weight excluding hydrogens is 253 g/mol. The van der Waals surface area contributed by atoms with Crippen molar-refractivity contribution in [2.45, 2.75) is 31.5 Å². The zero-order chi connectivity index (χ0) is 13.6. The molecule has 1 unspecified atom stereocenters. The number of alkyl halides is 3. The van der Waals surface area contributed by atoms with Gasteiger partial charge >= 0.3 is 6.18 Å². The quantitative estimate of drug-likeness (QED) is 0.843. The molecule has 0 fully saturated rings. The Balaban J connectivity index is 2.16. The molecule has 3 rings (SSSR count). The maximum absolute atomic E-state index is 12.7. The van der Waals surface area contributed by atoms with Gasteiger partial charge in [0.1, 0.15) is 0 Å². The molecule has 5 heteroatoms. The van der Waals surface area contributed by atoms with Crippen LogP contribution in [0.1, 0.15) is 30.0 Å². The summed E-state index contributed by atoms with van der Waals surface area (Å²) in [5, 5.41) is 0.658. The van der Waals surface area contributed by atoms with E-state index in [2.05, 4.69) is 4.57 Å². The molecule has 0 radical (unpaired) electrons. The Morgan fingerprint density at radius 2 is 2.05 bits per heavy atom. The normalized spacial score (nSPS) is 19.7. The predicted octanol–water partition coefficient (Wildman–Crippen LogP) is 3.50. The Bertz CT molecular complexity index is 613. The molecule has 0 bridgehead atoms. The highest BCUT2D eigenvalue weighted by Crippen LogP contribution is 2.36. The number of nitrogens with zero attached hydrogens (tertiary/aromatic N) is 1. The number of rotatable bonds is 1. The maximum Gasteiger partial charge on any atom is 0.416 e. The summed E-state index contributed by atoms with van der Waals surface area (Å²) in [7, 11) is 0. The van der Waals surface area contributed by atoms with E-state index in [9.17, 15) is 13.2 Å². The van der Waals surface area contributed by atoms with Crippen molar-refractivity contribution in [3.63, 3.8) is 0 Å². The van der Waals surface area contributed by atoms with Crippen molar-refractivity contribution in [2.75, 3.05) is 6.54 Å². The maximum atomic E-state index is 12.7. The number of nitrogens with two attached hydrogens (primary N) is 1. The van der Waals surface area contributed by atoms with Crippen molar-refractivity contribution in [3.05, 3.63) is 35.5 Å². The summed E-state index contributed by atoms with van der Waals surface area (Å²) in [4.78, 5) is 0. The summed E-state index contributed by atoms with van der Waals surface area (Å²) in [5.74, 6) is 0.260. The highest BCUT2D eigenvalue weighted by molar-refractivity contribution is 5.82. The number of fused-ring (bicyclic) bond motifs is 3. The minimum atomic E-state index is -4.29. The lowest BCUT2D eigenvalue weighted by atomic mass is 9.96. The summed E-state index contributed by atoms with van der Waals surface area (Å²) in [5.41, 5.74) is 7.10. The number of hydrogen-bond donors (Lipinski definition) is 1. The molecule has 2 heterocycles. The molecule has 2 nitrogen and oxygen atoms in total.